The van der Waals surface area contributed by atoms with Crippen LogP contribution in [0.5, 0.6) is 0 Å². The smallest absolute Gasteiger partial charge is 0.257 e. The quantitative estimate of drug-likeness (QED) is 0.797. The summed E-state index contributed by atoms with van der Waals surface area (Å²) >= 11 is 0. The maximum absolute atomic E-state index is 12.6. The second-order valence-electron chi connectivity index (χ2n) is 5.88. The lowest BCUT2D eigenvalue weighted by molar-refractivity contribution is -0.137. The van der Waals surface area contributed by atoms with Gasteiger partial charge < -0.3 is 14.5 Å². The summed E-state index contributed by atoms with van der Waals surface area (Å²) in [7, 11) is 1.48. The van der Waals surface area contributed by atoms with Crippen molar-refractivity contribution in [2.45, 2.75) is 19.4 Å². The number of aryl methyl sites for hydroxylation is 1. The number of amides is 2. The minimum atomic E-state index is -0.297. The van der Waals surface area contributed by atoms with Gasteiger partial charge in [-0.3, -0.25) is 19.8 Å². The van der Waals surface area contributed by atoms with Crippen LogP contribution in [0.15, 0.2) is 12.4 Å². The van der Waals surface area contributed by atoms with Gasteiger partial charge in [-0.1, -0.05) is 0 Å². The van der Waals surface area contributed by atoms with E-state index in [9.17, 15) is 9.59 Å². The minimum Gasteiger partial charge on any atom is -0.375 e. The molecule has 1 atom stereocenters. The van der Waals surface area contributed by atoms with Crippen LogP contribution in [0.4, 0.5) is 0 Å². The predicted molar refractivity (Wildman–Crippen MR) is 86.6 cm³/mol. The SMILES string of the molecule is COCC(=O)N1CCN(C(=O)c2cn[nH]c2)CCC1c1n[nH]c(C)n1. The predicted octanol–water partition coefficient (Wildman–Crippen LogP) is -0.102. The molecule has 2 N–H and O–H groups in total. The Labute approximate surface area is 144 Å². The first-order valence-electron chi connectivity index (χ1n) is 8.05. The van der Waals surface area contributed by atoms with Crippen LogP contribution in [0.2, 0.25) is 0 Å². The van der Waals surface area contributed by atoms with Crippen molar-refractivity contribution >= 4 is 11.8 Å². The van der Waals surface area contributed by atoms with Crippen LogP contribution >= 0.6 is 0 Å². The van der Waals surface area contributed by atoms with Gasteiger partial charge in [-0.25, -0.2) is 4.98 Å². The molecule has 2 amide bonds. The lowest BCUT2D eigenvalue weighted by atomic mass is 10.1. The molecular formula is C15H21N7O3. The Morgan fingerprint density at radius 3 is 2.84 bits per heavy atom. The second-order valence-corrected chi connectivity index (χ2v) is 5.88. The fraction of sp³-hybridized carbons (Fsp3) is 0.533. The highest BCUT2D eigenvalue weighted by Gasteiger charge is 2.33. The van der Waals surface area contributed by atoms with Crippen LogP contribution in [-0.2, 0) is 9.53 Å². The number of nitrogens with zero attached hydrogens (tertiary/aromatic N) is 5. The van der Waals surface area contributed by atoms with Gasteiger partial charge >= 0.3 is 0 Å². The standard InChI is InChI=1S/C15H21N7O3/c1-10-18-14(20-19-10)12-3-4-21(15(24)11-7-16-17-8-11)5-6-22(12)13(23)9-25-2/h7-8,12H,3-6,9H2,1-2H3,(H,16,17)(H,18,19,20). The zero-order valence-corrected chi connectivity index (χ0v) is 14.2. The van der Waals surface area contributed by atoms with E-state index in [1.807, 2.05) is 6.92 Å². The molecule has 0 bridgehead atoms. The van der Waals surface area contributed by atoms with E-state index in [1.165, 1.54) is 13.3 Å². The summed E-state index contributed by atoms with van der Waals surface area (Å²) in [6.07, 6.45) is 3.62. The number of methoxy groups -OCH3 is 1. The second kappa shape index (κ2) is 7.43. The van der Waals surface area contributed by atoms with Gasteiger partial charge in [0.25, 0.3) is 5.91 Å². The van der Waals surface area contributed by atoms with E-state index in [0.29, 0.717) is 43.3 Å². The molecule has 25 heavy (non-hydrogen) atoms. The molecule has 3 rings (SSSR count). The molecule has 10 nitrogen and oxygen atoms in total. The monoisotopic (exact) mass is 347 g/mol. The highest BCUT2D eigenvalue weighted by molar-refractivity contribution is 5.93. The van der Waals surface area contributed by atoms with Crippen molar-refractivity contribution < 1.29 is 14.3 Å². The summed E-state index contributed by atoms with van der Waals surface area (Å²) in [6, 6.07) is -0.297. The van der Waals surface area contributed by atoms with E-state index in [2.05, 4.69) is 25.4 Å². The Balaban J connectivity index is 1.81. The molecule has 1 aliphatic rings. The van der Waals surface area contributed by atoms with Crippen LogP contribution in [0.25, 0.3) is 0 Å². The molecule has 134 valence electrons. The van der Waals surface area contributed by atoms with Crippen molar-refractivity contribution in [3.63, 3.8) is 0 Å². The van der Waals surface area contributed by atoms with Gasteiger partial charge in [0.1, 0.15) is 12.4 Å². The van der Waals surface area contributed by atoms with Crippen LogP contribution < -0.4 is 0 Å². The van der Waals surface area contributed by atoms with Crippen molar-refractivity contribution in [1.82, 2.24) is 35.2 Å². The van der Waals surface area contributed by atoms with Crippen LogP contribution in [-0.4, -0.2) is 80.3 Å². The summed E-state index contributed by atoms with van der Waals surface area (Å²) in [5.41, 5.74) is 0.502. The van der Waals surface area contributed by atoms with E-state index in [1.54, 1.807) is 16.0 Å². The topological polar surface area (TPSA) is 120 Å². The number of H-pyrrole nitrogens is 2. The third-order valence-corrected chi connectivity index (χ3v) is 4.19. The van der Waals surface area contributed by atoms with Crippen molar-refractivity contribution in [3.8, 4) is 0 Å². The summed E-state index contributed by atoms with van der Waals surface area (Å²) in [4.78, 5) is 32.8. The number of nitrogens with one attached hydrogen (secondary N) is 2. The number of hydrogen-bond donors (Lipinski definition) is 2. The molecule has 0 radical (unpaired) electrons. The molecule has 0 aromatic carbocycles. The highest BCUT2D eigenvalue weighted by Crippen LogP contribution is 2.25. The van der Waals surface area contributed by atoms with Gasteiger partial charge in [-0.15, -0.1) is 0 Å². The molecule has 2 aromatic heterocycles. The Morgan fingerprint density at radius 2 is 2.20 bits per heavy atom. The first-order chi connectivity index (χ1) is 12.1. The molecule has 3 heterocycles. The van der Waals surface area contributed by atoms with Gasteiger partial charge in [0.2, 0.25) is 5.91 Å². The van der Waals surface area contributed by atoms with Crippen LogP contribution in [0.3, 0.4) is 0 Å². The lowest BCUT2D eigenvalue weighted by Crippen LogP contribution is -2.40. The van der Waals surface area contributed by atoms with Crippen molar-refractivity contribution in [2.75, 3.05) is 33.4 Å². The van der Waals surface area contributed by atoms with Gasteiger partial charge in [0, 0.05) is 32.9 Å². The summed E-state index contributed by atoms with van der Waals surface area (Å²) in [5.74, 6) is 0.983. The molecule has 0 spiro atoms. The summed E-state index contributed by atoms with van der Waals surface area (Å²) < 4.78 is 4.99. The van der Waals surface area contributed by atoms with Crippen LogP contribution in [0, 0.1) is 6.92 Å². The van der Waals surface area contributed by atoms with Crippen molar-refractivity contribution in [2.24, 2.45) is 0 Å². The van der Waals surface area contributed by atoms with Crippen molar-refractivity contribution in [1.29, 1.82) is 0 Å². The summed E-state index contributed by atoms with van der Waals surface area (Å²) in [6.45, 7) is 3.11. The third-order valence-electron chi connectivity index (χ3n) is 4.19. The number of aromatic amines is 2. The number of hydrogen-bond acceptors (Lipinski definition) is 6. The molecule has 1 saturated heterocycles. The zero-order valence-electron chi connectivity index (χ0n) is 14.2. The number of rotatable bonds is 4. The fourth-order valence-electron chi connectivity index (χ4n) is 2.97. The third kappa shape index (κ3) is 3.68. The molecular weight excluding hydrogens is 326 g/mol. The Hall–Kier alpha value is -2.75. The molecule has 2 aromatic rings. The van der Waals surface area contributed by atoms with E-state index in [4.69, 9.17) is 4.74 Å². The molecule has 1 fully saturated rings. The van der Waals surface area contributed by atoms with Crippen LogP contribution in [0.1, 0.15) is 34.5 Å². The number of ether oxygens (including phenoxy) is 1. The number of aromatic nitrogens is 5. The first kappa shape index (κ1) is 17.1. The zero-order chi connectivity index (χ0) is 17.8. The van der Waals surface area contributed by atoms with Gasteiger partial charge in [-0.05, 0) is 13.3 Å². The average Bonchev–Trinajstić information content (AvgIpc) is 3.22. The Morgan fingerprint density at radius 1 is 1.36 bits per heavy atom. The first-order valence-corrected chi connectivity index (χ1v) is 8.05. The molecule has 10 heteroatoms. The van der Waals surface area contributed by atoms with E-state index in [0.717, 1.165) is 0 Å². The normalized spacial score (nSPS) is 18.2. The van der Waals surface area contributed by atoms with E-state index >= 15 is 0 Å². The number of carbonyl (C=O) groups excluding carboxylic acids is 2. The maximum Gasteiger partial charge on any atom is 0.257 e. The van der Waals surface area contributed by atoms with Gasteiger partial charge in [-0.2, -0.15) is 10.2 Å². The number of carbonyl (C=O) groups is 2. The Kier molecular flexibility index (Phi) is 5.08. The molecule has 0 saturated carbocycles. The lowest BCUT2D eigenvalue weighted by Gasteiger charge is -2.27. The molecule has 1 unspecified atom stereocenters. The Bertz CT molecular complexity index is 727. The van der Waals surface area contributed by atoms with E-state index in [-0.39, 0.29) is 24.5 Å². The highest BCUT2D eigenvalue weighted by atomic mass is 16.5. The maximum atomic E-state index is 12.6. The van der Waals surface area contributed by atoms with Gasteiger partial charge in [0.15, 0.2) is 5.82 Å². The largest absolute Gasteiger partial charge is 0.375 e. The average molecular weight is 347 g/mol. The minimum absolute atomic E-state index is 0.0183. The molecule has 1 aliphatic heterocycles. The molecule has 0 aliphatic carbocycles. The fourth-order valence-corrected chi connectivity index (χ4v) is 2.97. The van der Waals surface area contributed by atoms with Gasteiger partial charge in [0.05, 0.1) is 17.8 Å². The van der Waals surface area contributed by atoms with E-state index < -0.39 is 0 Å². The summed E-state index contributed by atoms with van der Waals surface area (Å²) in [5, 5.41) is 13.5. The van der Waals surface area contributed by atoms with Crippen molar-refractivity contribution in [3.05, 3.63) is 29.6 Å².